The fourth-order valence-electron chi connectivity index (χ4n) is 1.54. The van der Waals surface area contributed by atoms with Crippen LogP contribution in [0, 0.1) is 0 Å². The molecular formula is C13H18ClNO. The fraction of sp³-hybridized carbons (Fsp3) is 0.462. The van der Waals surface area contributed by atoms with Gasteiger partial charge in [-0.15, -0.1) is 11.6 Å². The Kier molecular flexibility index (Phi) is 4.36. The number of hydrogen-bond acceptors (Lipinski definition) is 1. The van der Waals surface area contributed by atoms with Crippen molar-refractivity contribution in [1.29, 1.82) is 0 Å². The predicted octanol–water partition coefficient (Wildman–Crippen LogP) is 3.05. The number of rotatable bonds is 3. The molecule has 0 N–H and O–H groups in total. The van der Waals surface area contributed by atoms with E-state index >= 15 is 0 Å². The van der Waals surface area contributed by atoms with Crippen LogP contribution in [0.15, 0.2) is 30.3 Å². The third kappa shape index (κ3) is 3.53. The third-order valence-electron chi connectivity index (χ3n) is 2.41. The molecule has 1 aromatic carbocycles. The van der Waals surface area contributed by atoms with Crippen molar-refractivity contribution in [3.05, 3.63) is 35.9 Å². The molecule has 0 unspecified atom stereocenters. The molecule has 0 aliphatic carbocycles. The Morgan fingerprint density at radius 3 is 2.25 bits per heavy atom. The highest BCUT2D eigenvalue weighted by Crippen LogP contribution is 2.17. The number of benzene rings is 1. The summed E-state index contributed by atoms with van der Waals surface area (Å²) in [6, 6.07) is 9.94. The van der Waals surface area contributed by atoms with E-state index in [1.807, 2.05) is 51.1 Å². The summed E-state index contributed by atoms with van der Waals surface area (Å²) in [4.78, 5) is 13.6. The molecule has 16 heavy (non-hydrogen) atoms. The van der Waals surface area contributed by atoms with Crippen LogP contribution in [0.25, 0.3) is 0 Å². The molecule has 0 aromatic heterocycles. The quantitative estimate of drug-likeness (QED) is 0.743. The van der Waals surface area contributed by atoms with Crippen LogP contribution in [0.3, 0.4) is 0 Å². The summed E-state index contributed by atoms with van der Waals surface area (Å²) in [5, 5.41) is 0. The smallest absolute Gasteiger partial charge is 0.238 e. The Balaban J connectivity index is 2.84. The first-order valence-corrected chi connectivity index (χ1v) is 5.89. The van der Waals surface area contributed by atoms with Gasteiger partial charge in [0.15, 0.2) is 0 Å². The van der Waals surface area contributed by atoms with Crippen LogP contribution in [-0.2, 0) is 11.3 Å². The van der Waals surface area contributed by atoms with E-state index in [2.05, 4.69) is 0 Å². The lowest BCUT2D eigenvalue weighted by molar-refractivity contribution is -0.133. The summed E-state index contributed by atoms with van der Waals surface area (Å²) >= 11 is 5.63. The van der Waals surface area contributed by atoms with Gasteiger partial charge >= 0.3 is 0 Å². The van der Waals surface area contributed by atoms with Crippen molar-refractivity contribution in [2.24, 2.45) is 0 Å². The summed E-state index contributed by atoms with van der Waals surface area (Å²) in [7, 11) is 0. The van der Waals surface area contributed by atoms with E-state index in [4.69, 9.17) is 11.6 Å². The van der Waals surface area contributed by atoms with Gasteiger partial charge < -0.3 is 4.90 Å². The lowest BCUT2D eigenvalue weighted by Gasteiger charge is -2.35. The van der Waals surface area contributed by atoms with Gasteiger partial charge in [0.1, 0.15) is 5.88 Å². The molecule has 88 valence electrons. The van der Waals surface area contributed by atoms with E-state index in [0.29, 0.717) is 6.54 Å². The molecular weight excluding hydrogens is 222 g/mol. The molecule has 0 saturated heterocycles. The van der Waals surface area contributed by atoms with Crippen molar-refractivity contribution in [1.82, 2.24) is 4.90 Å². The SMILES string of the molecule is CC(C)(C)N(Cc1ccccc1)C(=O)CCl. The Bertz CT molecular complexity index is 343. The lowest BCUT2D eigenvalue weighted by atomic mass is 10.0. The van der Waals surface area contributed by atoms with Crippen molar-refractivity contribution in [3.63, 3.8) is 0 Å². The number of carbonyl (C=O) groups is 1. The monoisotopic (exact) mass is 239 g/mol. The summed E-state index contributed by atoms with van der Waals surface area (Å²) in [5.41, 5.74) is 0.915. The van der Waals surface area contributed by atoms with Gasteiger partial charge in [0, 0.05) is 12.1 Å². The molecule has 1 amide bonds. The second kappa shape index (κ2) is 5.35. The summed E-state index contributed by atoms with van der Waals surface area (Å²) in [6.07, 6.45) is 0. The Morgan fingerprint density at radius 2 is 1.81 bits per heavy atom. The minimum absolute atomic E-state index is 0.0296. The maximum atomic E-state index is 11.8. The highest BCUT2D eigenvalue weighted by atomic mass is 35.5. The first kappa shape index (κ1) is 13.0. The van der Waals surface area contributed by atoms with Gasteiger partial charge in [0.05, 0.1) is 0 Å². The van der Waals surface area contributed by atoms with Gasteiger partial charge in [-0.25, -0.2) is 0 Å². The minimum atomic E-state index is -0.207. The maximum absolute atomic E-state index is 11.8. The first-order chi connectivity index (χ1) is 7.45. The van der Waals surface area contributed by atoms with Crippen molar-refractivity contribution in [2.75, 3.05) is 5.88 Å². The Labute approximate surface area is 102 Å². The molecule has 2 nitrogen and oxygen atoms in total. The average molecular weight is 240 g/mol. The number of halogens is 1. The molecule has 0 spiro atoms. The van der Waals surface area contributed by atoms with Crippen LogP contribution in [0.5, 0.6) is 0 Å². The number of carbonyl (C=O) groups excluding carboxylic acids is 1. The van der Waals surface area contributed by atoms with Crippen molar-refractivity contribution in [3.8, 4) is 0 Å². The zero-order chi connectivity index (χ0) is 12.2. The van der Waals surface area contributed by atoms with E-state index in [-0.39, 0.29) is 17.3 Å². The van der Waals surface area contributed by atoms with Gasteiger partial charge in [0.25, 0.3) is 0 Å². The fourth-order valence-corrected chi connectivity index (χ4v) is 1.68. The zero-order valence-electron chi connectivity index (χ0n) is 10.0. The molecule has 0 aliphatic heterocycles. The van der Waals surface area contributed by atoms with E-state index in [0.717, 1.165) is 5.56 Å². The molecule has 1 rings (SSSR count). The van der Waals surface area contributed by atoms with Gasteiger partial charge in [-0.1, -0.05) is 30.3 Å². The van der Waals surface area contributed by atoms with E-state index in [9.17, 15) is 4.79 Å². The van der Waals surface area contributed by atoms with E-state index in [1.54, 1.807) is 4.90 Å². The topological polar surface area (TPSA) is 20.3 Å². The predicted molar refractivity (Wildman–Crippen MR) is 67.5 cm³/mol. The highest BCUT2D eigenvalue weighted by Gasteiger charge is 2.25. The normalized spacial score (nSPS) is 11.2. The average Bonchev–Trinajstić information content (AvgIpc) is 2.25. The summed E-state index contributed by atoms with van der Waals surface area (Å²) in [6.45, 7) is 6.65. The molecule has 0 bridgehead atoms. The van der Waals surface area contributed by atoms with Crippen LogP contribution < -0.4 is 0 Å². The largest absolute Gasteiger partial charge is 0.333 e. The number of amides is 1. The third-order valence-corrected chi connectivity index (χ3v) is 2.64. The number of hydrogen-bond donors (Lipinski definition) is 0. The minimum Gasteiger partial charge on any atom is -0.333 e. The van der Waals surface area contributed by atoms with Crippen molar-refractivity contribution >= 4 is 17.5 Å². The number of nitrogens with zero attached hydrogens (tertiary/aromatic N) is 1. The Morgan fingerprint density at radius 1 is 1.25 bits per heavy atom. The van der Waals surface area contributed by atoms with Gasteiger partial charge in [-0.05, 0) is 26.3 Å². The second-order valence-corrected chi connectivity index (χ2v) is 5.04. The van der Waals surface area contributed by atoms with Gasteiger partial charge in [-0.2, -0.15) is 0 Å². The van der Waals surface area contributed by atoms with Crippen LogP contribution in [-0.4, -0.2) is 22.2 Å². The lowest BCUT2D eigenvalue weighted by Crippen LogP contribution is -2.45. The van der Waals surface area contributed by atoms with Crippen molar-refractivity contribution in [2.45, 2.75) is 32.9 Å². The van der Waals surface area contributed by atoms with Gasteiger partial charge in [-0.3, -0.25) is 4.79 Å². The molecule has 0 fully saturated rings. The Hall–Kier alpha value is -1.02. The highest BCUT2D eigenvalue weighted by molar-refractivity contribution is 6.27. The molecule has 3 heteroatoms. The van der Waals surface area contributed by atoms with Crippen LogP contribution in [0.2, 0.25) is 0 Å². The first-order valence-electron chi connectivity index (χ1n) is 5.35. The van der Waals surface area contributed by atoms with Crippen LogP contribution in [0.1, 0.15) is 26.3 Å². The van der Waals surface area contributed by atoms with Gasteiger partial charge in [0.2, 0.25) is 5.91 Å². The van der Waals surface area contributed by atoms with E-state index in [1.165, 1.54) is 0 Å². The molecule has 1 aromatic rings. The second-order valence-electron chi connectivity index (χ2n) is 4.77. The molecule has 0 heterocycles. The maximum Gasteiger partial charge on any atom is 0.238 e. The molecule has 0 saturated carbocycles. The van der Waals surface area contributed by atoms with E-state index < -0.39 is 0 Å². The number of alkyl halides is 1. The zero-order valence-corrected chi connectivity index (χ0v) is 10.8. The molecule has 0 atom stereocenters. The standard InChI is InChI=1S/C13H18ClNO/c1-13(2,3)15(12(16)9-14)10-11-7-5-4-6-8-11/h4-8H,9-10H2,1-3H3. The van der Waals surface area contributed by atoms with Crippen LogP contribution in [0.4, 0.5) is 0 Å². The van der Waals surface area contributed by atoms with Crippen LogP contribution >= 0.6 is 11.6 Å². The molecule has 0 aliphatic rings. The summed E-state index contributed by atoms with van der Waals surface area (Å²) < 4.78 is 0. The molecule has 0 radical (unpaired) electrons. The summed E-state index contributed by atoms with van der Waals surface area (Å²) in [5.74, 6) is 0.00224. The van der Waals surface area contributed by atoms with Crippen molar-refractivity contribution < 1.29 is 4.79 Å².